The summed E-state index contributed by atoms with van der Waals surface area (Å²) in [6, 6.07) is 16.2. The summed E-state index contributed by atoms with van der Waals surface area (Å²) in [7, 11) is 0. The van der Waals surface area contributed by atoms with Gasteiger partial charge in [0.25, 0.3) is 11.5 Å². The van der Waals surface area contributed by atoms with Crippen LogP contribution in [0, 0.1) is 0 Å². The van der Waals surface area contributed by atoms with Crippen LogP contribution in [0.5, 0.6) is 5.75 Å². The Kier molecular flexibility index (Phi) is 4.90. The summed E-state index contributed by atoms with van der Waals surface area (Å²) in [4.78, 5) is 29.7. The molecule has 0 saturated heterocycles. The number of nitrogens with zero attached hydrogens (tertiary/aromatic N) is 2. The minimum absolute atomic E-state index is 0.0772. The molecule has 0 aliphatic carbocycles. The third-order valence-corrected chi connectivity index (χ3v) is 5.36. The summed E-state index contributed by atoms with van der Waals surface area (Å²) < 4.78 is 1.52. The van der Waals surface area contributed by atoms with Crippen molar-refractivity contribution in [1.29, 1.82) is 0 Å². The maximum atomic E-state index is 12.6. The van der Waals surface area contributed by atoms with Gasteiger partial charge in [0, 0.05) is 18.1 Å². The number of rotatable bonds is 5. The number of nitrogens with one attached hydrogen (secondary N) is 1. The molecule has 0 atom stereocenters. The first-order valence-electron chi connectivity index (χ1n) is 8.70. The lowest BCUT2D eigenvalue weighted by Crippen LogP contribution is -2.21. The predicted octanol–water partition coefficient (Wildman–Crippen LogP) is 3.14. The Morgan fingerprint density at radius 3 is 2.71 bits per heavy atom. The van der Waals surface area contributed by atoms with Crippen molar-refractivity contribution in [2.24, 2.45) is 0 Å². The molecular formula is C21H17N3O3S. The van der Waals surface area contributed by atoms with E-state index in [2.05, 4.69) is 10.3 Å². The largest absolute Gasteiger partial charge is 0.507 e. The van der Waals surface area contributed by atoms with E-state index >= 15 is 0 Å². The first kappa shape index (κ1) is 17.9. The molecule has 140 valence electrons. The van der Waals surface area contributed by atoms with Crippen molar-refractivity contribution in [2.75, 3.05) is 0 Å². The molecule has 0 fully saturated rings. The van der Waals surface area contributed by atoms with E-state index in [9.17, 15) is 14.7 Å². The lowest BCUT2D eigenvalue weighted by atomic mass is 10.1. The fourth-order valence-electron chi connectivity index (χ4n) is 2.93. The van der Waals surface area contributed by atoms with Crippen LogP contribution in [0.25, 0.3) is 10.8 Å². The van der Waals surface area contributed by atoms with Crippen LogP contribution in [-0.2, 0) is 13.1 Å². The third-order valence-electron chi connectivity index (χ3n) is 4.37. The number of aromatic hydroxyl groups is 1. The number of carbonyl (C=O) groups excluding carboxylic acids is 1. The van der Waals surface area contributed by atoms with Gasteiger partial charge in [-0.05, 0) is 23.8 Å². The number of hydrogen-bond donors (Lipinski definition) is 2. The molecule has 0 aliphatic heterocycles. The minimum atomic E-state index is -0.210. The average Bonchev–Trinajstić information content (AvgIpc) is 3.18. The number of carbonyl (C=O) groups is 1. The Balaban J connectivity index is 1.49. The second kappa shape index (κ2) is 7.66. The third kappa shape index (κ3) is 3.65. The molecule has 2 N–H and O–H groups in total. The number of aromatic nitrogens is 2. The van der Waals surface area contributed by atoms with Crippen molar-refractivity contribution < 1.29 is 9.90 Å². The lowest BCUT2D eigenvalue weighted by molar-refractivity contribution is 0.0954. The monoisotopic (exact) mass is 391 g/mol. The second-order valence-corrected chi connectivity index (χ2v) is 7.39. The van der Waals surface area contributed by atoms with Crippen LogP contribution in [-0.4, -0.2) is 20.6 Å². The van der Waals surface area contributed by atoms with E-state index in [1.165, 1.54) is 22.1 Å². The van der Waals surface area contributed by atoms with Crippen molar-refractivity contribution in [3.05, 3.63) is 92.8 Å². The molecular weight excluding hydrogens is 374 g/mol. The quantitative estimate of drug-likeness (QED) is 0.547. The van der Waals surface area contributed by atoms with Gasteiger partial charge in [-0.3, -0.25) is 9.59 Å². The van der Waals surface area contributed by atoms with Gasteiger partial charge in [-0.1, -0.05) is 36.4 Å². The average molecular weight is 391 g/mol. The number of phenolic OH excluding ortho intramolecular Hbond substituents is 1. The maximum absolute atomic E-state index is 12.6. The molecule has 6 nitrogen and oxygen atoms in total. The molecule has 4 aromatic rings. The van der Waals surface area contributed by atoms with Crippen LogP contribution in [0.3, 0.4) is 0 Å². The fraction of sp³-hybridized carbons (Fsp3) is 0.0952. The molecule has 2 heterocycles. The van der Waals surface area contributed by atoms with Crippen LogP contribution < -0.4 is 10.9 Å². The van der Waals surface area contributed by atoms with Gasteiger partial charge in [-0.25, -0.2) is 4.98 Å². The molecule has 28 heavy (non-hydrogen) atoms. The van der Waals surface area contributed by atoms with Crippen molar-refractivity contribution in [3.8, 4) is 5.75 Å². The molecule has 1 amide bonds. The number of fused-ring (bicyclic) bond motifs is 1. The van der Waals surface area contributed by atoms with Crippen molar-refractivity contribution in [3.63, 3.8) is 0 Å². The molecule has 0 bridgehead atoms. The number of hydrogen-bond acceptors (Lipinski definition) is 5. The molecule has 2 aromatic carbocycles. The number of pyridine rings is 1. The normalized spacial score (nSPS) is 10.9. The van der Waals surface area contributed by atoms with E-state index in [4.69, 9.17) is 0 Å². The SMILES string of the molecule is O=C(NCc1ccccc1)c1cnc(Cn2ccc3c(O)cccc3c2=O)s1. The van der Waals surface area contributed by atoms with Crippen LogP contribution in [0.15, 0.2) is 71.8 Å². The summed E-state index contributed by atoms with van der Waals surface area (Å²) in [6.45, 7) is 0.710. The van der Waals surface area contributed by atoms with E-state index in [0.717, 1.165) is 5.56 Å². The zero-order chi connectivity index (χ0) is 19.5. The highest BCUT2D eigenvalue weighted by Crippen LogP contribution is 2.21. The van der Waals surface area contributed by atoms with E-state index in [1.54, 1.807) is 30.5 Å². The van der Waals surface area contributed by atoms with Crippen LogP contribution in [0.1, 0.15) is 20.2 Å². The standard InChI is InChI=1S/C21H17N3O3S/c25-17-8-4-7-16-15(17)9-10-24(21(16)27)13-19-22-12-18(28-19)20(26)23-11-14-5-2-1-3-6-14/h1-10,12,25H,11,13H2,(H,23,26). The van der Waals surface area contributed by atoms with Gasteiger partial charge < -0.3 is 15.0 Å². The van der Waals surface area contributed by atoms with Crippen LogP contribution in [0.2, 0.25) is 0 Å². The van der Waals surface area contributed by atoms with Gasteiger partial charge in [-0.2, -0.15) is 0 Å². The summed E-state index contributed by atoms with van der Waals surface area (Å²) >= 11 is 1.26. The molecule has 0 spiro atoms. The van der Waals surface area contributed by atoms with E-state index in [1.807, 2.05) is 30.3 Å². The second-order valence-electron chi connectivity index (χ2n) is 6.27. The Morgan fingerprint density at radius 1 is 1.07 bits per heavy atom. The van der Waals surface area contributed by atoms with E-state index < -0.39 is 0 Å². The molecule has 2 aromatic heterocycles. The van der Waals surface area contributed by atoms with Crippen LogP contribution >= 0.6 is 11.3 Å². The summed E-state index contributed by atoms with van der Waals surface area (Å²) in [6.07, 6.45) is 3.15. The Hall–Kier alpha value is -3.45. The van der Waals surface area contributed by atoms with Crippen molar-refractivity contribution in [2.45, 2.75) is 13.1 Å². The zero-order valence-electron chi connectivity index (χ0n) is 14.8. The van der Waals surface area contributed by atoms with E-state index in [-0.39, 0.29) is 23.8 Å². The highest BCUT2D eigenvalue weighted by atomic mass is 32.1. The first-order chi connectivity index (χ1) is 13.6. The van der Waals surface area contributed by atoms with E-state index in [0.29, 0.717) is 27.2 Å². The Bertz CT molecular complexity index is 1200. The summed E-state index contributed by atoms with van der Waals surface area (Å²) in [5, 5.41) is 14.4. The summed E-state index contributed by atoms with van der Waals surface area (Å²) in [5.74, 6) is -0.114. The summed E-state index contributed by atoms with van der Waals surface area (Å²) in [5.41, 5.74) is 0.810. The first-order valence-corrected chi connectivity index (χ1v) is 9.51. The zero-order valence-corrected chi connectivity index (χ0v) is 15.6. The molecule has 0 aliphatic rings. The lowest BCUT2D eigenvalue weighted by Gasteiger charge is -2.06. The van der Waals surface area contributed by atoms with Crippen LogP contribution in [0.4, 0.5) is 0 Å². The van der Waals surface area contributed by atoms with Gasteiger partial charge in [0.05, 0.1) is 18.1 Å². The predicted molar refractivity (Wildman–Crippen MR) is 109 cm³/mol. The molecule has 0 radical (unpaired) electrons. The van der Waals surface area contributed by atoms with Gasteiger partial charge in [0.2, 0.25) is 0 Å². The van der Waals surface area contributed by atoms with Gasteiger partial charge in [-0.15, -0.1) is 11.3 Å². The highest BCUT2D eigenvalue weighted by molar-refractivity contribution is 7.13. The number of phenols is 1. The molecule has 0 saturated carbocycles. The van der Waals surface area contributed by atoms with Gasteiger partial charge in [0.15, 0.2) is 0 Å². The van der Waals surface area contributed by atoms with Crippen molar-refractivity contribution in [1.82, 2.24) is 14.9 Å². The van der Waals surface area contributed by atoms with Crippen molar-refractivity contribution >= 4 is 28.0 Å². The Labute approximate surface area is 164 Å². The fourth-order valence-corrected chi connectivity index (χ4v) is 3.76. The Morgan fingerprint density at radius 2 is 1.89 bits per heavy atom. The number of benzene rings is 2. The maximum Gasteiger partial charge on any atom is 0.263 e. The molecule has 7 heteroatoms. The molecule has 0 unspecified atom stereocenters. The van der Waals surface area contributed by atoms with Gasteiger partial charge in [0.1, 0.15) is 15.6 Å². The smallest absolute Gasteiger partial charge is 0.263 e. The number of thiazole rings is 1. The van der Waals surface area contributed by atoms with Gasteiger partial charge >= 0.3 is 0 Å². The molecule has 4 rings (SSSR count). The minimum Gasteiger partial charge on any atom is -0.507 e. The number of amides is 1. The highest BCUT2D eigenvalue weighted by Gasteiger charge is 2.12. The topological polar surface area (TPSA) is 84.2 Å².